The first-order valence-corrected chi connectivity index (χ1v) is 9.05. The topological polar surface area (TPSA) is 50.5 Å². The van der Waals surface area contributed by atoms with Gasteiger partial charge in [0.1, 0.15) is 5.58 Å². The minimum absolute atomic E-state index is 0.109. The Morgan fingerprint density at radius 1 is 1.15 bits per heavy atom. The molecule has 0 bridgehead atoms. The van der Waals surface area contributed by atoms with Gasteiger partial charge in [-0.25, -0.2) is 0 Å². The zero-order chi connectivity index (χ0) is 19.3. The average Bonchev–Trinajstić information content (AvgIpc) is 2.91. The van der Waals surface area contributed by atoms with Gasteiger partial charge in [-0.2, -0.15) is 0 Å². The summed E-state index contributed by atoms with van der Waals surface area (Å²) in [5.74, 6) is -0.195. The lowest BCUT2D eigenvalue weighted by Crippen LogP contribution is -2.29. The number of amides is 1. The molecule has 0 spiro atoms. The van der Waals surface area contributed by atoms with Crippen LogP contribution in [0, 0.1) is 13.8 Å². The molecule has 1 aliphatic heterocycles. The molecule has 0 saturated heterocycles. The Kier molecular flexibility index (Phi) is 4.16. The van der Waals surface area contributed by atoms with E-state index in [9.17, 15) is 9.59 Å². The second-order valence-electron chi connectivity index (χ2n) is 6.81. The van der Waals surface area contributed by atoms with Gasteiger partial charge in [0, 0.05) is 11.6 Å². The van der Waals surface area contributed by atoms with Crippen molar-refractivity contribution < 1.29 is 9.21 Å². The third kappa shape index (κ3) is 2.68. The molecule has 0 fully saturated rings. The van der Waals surface area contributed by atoms with E-state index < -0.39 is 6.04 Å². The van der Waals surface area contributed by atoms with Crippen molar-refractivity contribution in [2.75, 3.05) is 6.54 Å². The summed E-state index contributed by atoms with van der Waals surface area (Å²) in [6, 6.07) is 10.3. The standard InChI is InChI=1S/C22H18ClNO3/c1-4-9-24-19(14-5-7-15(23)8-6-14)18-20(25)16-10-12(2)13(3)11-17(16)27-21(18)22(24)26/h4-8,10-11,19H,1,9H2,2-3H3. The Morgan fingerprint density at radius 2 is 1.81 bits per heavy atom. The molecule has 27 heavy (non-hydrogen) atoms. The van der Waals surface area contributed by atoms with Gasteiger partial charge >= 0.3 is 0 Å². The molecule has 1 unspecified atom stereocenters. The monoisotopic (exact) mass is 379 g/mol. The largest absolute Gasteiger partial charge is 0.450 e. The maximum atomic E-state index is 13.3. The molecule has 136 valence electrons. The number of aryl methyl sites for hydroxylation is 2. The van der Waals surface area contributed by atoms with Crippen molar-refractivity contribution in [1.29, 1.82) is 0 Å². The molecule has 1 aromatic heterocycles. The van der Waals surface area contributed by atoms with Crippen LogP contribution in [0.3, 0.4) is 0 Å². The predicted octanol–water partition coefficient (Wildman–Crippen LogP) is 4.79. The number of halogens is 1. The molecule has 0 saturated carbocycles. The molecule has 1 amide bonds. The number of fused-ring (bicyclic) bond motifs is 2. The Hall–Kier alpha value is -2.85. The summed E-state index contributed by atoms with van der Waals surface area (Å²) in [5.41, 5.74) is 3.46. The summed E-state index contributed by atoms with van der Waals surface area (Å²) in [6.07, 6.45) is 1.64. The van der Waals surface area contributed by atoms with Crippen LogP contribution in [0.15, 0.2) is 58.3 Å². The van der Waals surface area contributed by atoms with Gasteiger partial charge in [-0.05, 0) is 54.8 Å². The summed E-state index contributed by atoms with van der Waals surface area (Å²) in [5, 5.41) is 1.08. The second-order valence-corrected chi connectivity index (χ2v) is 7.24. The summed E-state index contributed by atoms with van der Waals surface area (Å²) in [4.78, 5) is 27.9. The van der Waals surface area contributed by atoms with E-state index in [2.05, 4.69) is 6.58 Å². The number of hydrogen-bond donors (Lipinski definition) is 0. The maximum absolute atomic E-state index is 13.3. The van der Waals surface area contributed by atoms with Crippen molar-refractivity contribution in [3.8, 4) is 0 Å². The molecule has 4 rings (SSSR count). The lowest BCUT2D eigenvalue weighted by atomic mass is 9.97. The van der Waals surface area contributed by atoms with Crippen LogP contribution in [0.1, 0.15) is 38.9 Å². The molecule has 2 heterocycles. The van der Waals surface area contributed by atoms with Crippen LogP contribution in [0.5, 0.6) is 0 Å². The minimum atomic E-state index is -0.523. The zero-order valence-electron chi connectivity index (χ0n) is 15.1. The average molecular weight is 380 g/mol. The second kappa shape index (κ2) is 6.39. The number of benzene rings is 2. The number of nitrogens with zero attached hydrogens (tertiary/aromatic N) is 1. The van der Waals surface area contributed by atoms with Crippen LogP contribution >= 0.6 is 11.6 Å². The van der Waals surface area contributed by atoms with E-state index in [1.54, 1.807) is 23.1 Å². The number of rotatable bonds is 3. The molecule has 1 atom stereocenters. The third-order valence-electron chi connectivity index (χ3n) is 5.09. The number of hydrogen-bond acceptors (Lipinski definition) is 3. The van der Waals surface area contributed by atoms with Gasteiger partial charge in [0.2, 0.25) is 5.76 Å². The van der Waals surface area contributed by atoms with Gasteiger partial charge in [-0.3, -0.25) is 9.59 Å². The Bertz CT molecular complexity index is 1140. The SMILES string of the molecule is C=CCN1C(=O)c2oc3cc(C)c(C)cc3c(=O)c2C1c1ccc(Cl)cc1. The van der Waals surface area contributed by atoms with Crippen molar-refractivity contribution in [2.45, 2.75) is 19.9 Å². The Balaban J connectivity index is 2.03. The maximum Gasteiger partial charge on any atom is 0.291 e. The molecule has 3 aromatic rings. The van der Waals surface area contributed by atoms with Gasteiger partial charge in [0.15, 0.2) is 5.43 Å². The van der Waals surface area contributed by atoms with Gasteiger partial charge in [-0.15, -0.1) is 6.58 Å². The van der Waals surface area contributed by atoms with Crippen LogP contribution in [0.4, 0.5) is 0 Å². The fourth-order valence-corrected chi connectivity index (χ4v) is 3.72. The van der Waals surface area contributed by atoms with Crippen molar-refractivity contribution in [2.24, 2.45) is 0 Å². The Labute approximate surface area is 161 Å². The molecular weight excluding hydrogens is 362 g/mol. The van der Waals surface area contributed by atoms with E-state index in [-0.39, 0.29) is 17.1 Å². The molecule has 1 aliphatic rings. The first kappa shape index (κ1) is 17.6. The smallest absolute Gasteiger partial charge is 0.291 e. The summed E-state index contributed by atoms with van der Waals surface area (Å²) >= 11 is 6.01. The lowest BCUT2D eigenvalue weighted by molar-refractivity contribution is 0.0748. The van der Waals surface area contributed by atoms with Crippen LogP contribution in [0.2, 0.25) is 5.02 Å². The van der Waals surface area contributed by atoms with E-state index in [1.807, 2.05) is 38.1 Å². The summed E-state index contributed by atoms with van der Waals surface area (Å²) < 4.78 is 5.93. The van der Waals surface area contributed by atoms with E-state index in [1.165, 1.54) is 0 Å². The van der Waals surface area contributed by atoms with Crippen LogP contribution in [0.25, 0.3) is 11.0 Å². The molecular formula is C22H18ClNO3. The normalized spacial score (nSPS) is 16.0. The van der Waals surface area contributed by atoms with Crippen molar-refractivity contribution in [3.63, 3.8) is 0 Å². The number of carbonyl (C=O) groups is 1. The van der Waals surface area contributed by atoms with Crippen molar-refractivity contribution in [3.05, 3.63) is 92.3 Å². The highest BCUT2D eigenvalue weighted by molar-refractivity contribution is 6.30. The zero-order valence-corrected chi connectivity index (χ0v) is 15.8. The van der Waals surface area contributed by atoms with Crippen LogP contribution < -0.4 is 5.43 Å². The van der Waals surface area contributed by atoms with Crippen LogP contribution in [-0.2, 0) is 0 Å². The highest BCUT2D eigenvalue weighted by atomic mass is 35.5. The lowest BCUT2D eigenvalue weighted by Gasteiger charge is -2.23. The highest BCUT2D eigenvalue weighted by Gasteiger charge is 2.42. The molecule has 0 aliphatic carbocycles. The number of carbonyl (C=O) groups excluding carboxylic acids is 1. The first-order valence-electron chi connectivity index (χ1n) is 8.67. The highest BCUT2D eigenvalue weighted by Crippen LogP contribution is 2.38. The van der Waals surface area contributed by atoms with Crippen LogP contribution in [-0.4, -0.2) is 17.4 Å². The molecule has 5 heteroatoms. The minimum Gasteiger partial charge on any atom is -0.450 e. The third-order valence-corrected chi connectivity index (χ3v) is 5.35. The van der Waals surface area contributed by atoms with E-state index in [4.69, 9.17) is 16.0 Å². The summed E-state index contributed by atoms with van der Waals surface area (Å²) in [7, 11) is 0. The fraction of sp³-hybridized carbons (Fsp3) is 0.182. The quantitative estimate of drug-likeness (QED) is 0.614. The van der Waals surface area contributed by atoms with E-state index >= 15 is 0 Å². The van der Waals surface area contributed by atoms with Crippen molar-refractivity contribution in [1.82, 2.24) is 4.90 Å². The fourth-order valence-electron chi connectivity index (χ4n) is 3.59. The Morgan fingerprint density at radius 3 is 2.48 bits per heavy atom. The van der Waals surface area contributed by atoms with E-state index in [0.717, 1.165) is 16.7 Å². The van der Waals surface area contributed by atoms with Crippen molar-refractivity contribution >= 4 is 28.5 Å². The van der Waals surface area contributed by atoms with E-state index in [0.29, 0.717) is 28.1 Å². The molecule has 0 N–H and O–H groups in total. The summed E-state index contributed by atoms with van der Waals surface area (Å²) in [6.45, 7) is 7.95. The molecule has 0 radical (unpaired) electrons. The van der Waals surface area contributed by atoms with Gasteiger partial charge in [-0.1, -0.05) is 29.8 Å². The molecule has 4 nitrogen and oxygen atoms in total. The predicted molar refractivity (Wildman–Crippen MR) is 106 cm³/mol. The first-order chi connectivity index (χ1) is 12.9. The molecule has 2 aromatic carbocycles. The van der Waals surface area contributed by atoms with Gasteiger partial charge in [0.05, 0.1) is 17.0 Å². The van der Waals surface area contributed by atoms with Gasteiger partial charge in [0.25, 0.3) is 5.91 Å². The van der Waals surface area contributed by atoms with Gasteiger partial charge < -0.3 is 9.32 Å².